The van der Waals surface area contributed by atoms with Crippen LogP contribution < -0.4 is 5.73 Å². The summed E-state index contributed by atoms with van der Waals surface area (Å²) in [6.07, 6.45) is 13.1. The van der Waals surface area contributed by atoms with Crippen molar-refractivity contribution in [3.63, 3.8) is 0 Å². The van der Waals surface area contributed by atoms with Gasteiger partial charge in [0.25, 0.3) is 0 Å². The van der Waals surface area contributed by atoms with Gasteiger partial charge in [-0.15, -0.1) is 0 Å². The number of hydrogen-bond donors (Lipinski definition) is 8. The van der Waals surface area contributed by atoms with E-state index >= 15 is 0 Å². The molecule has 0 aromatic carbocycles. The van der Waals surface area contributed by atoms with Crippen molar-refractivity contribution in [1.82, 2.24) is 0 Å². The van der Waals surface area contributed by atoms with Gasteiger partial charge in [-0.1, -0.05) is 148 Å². The van der Waals surface area contributed by atoms with E-state index in [-0.39, 0.29) is 12.8 Å². The van der Waals surface area contributed by atoms with Crippen LogP contribution in [0.3, 0.4) is 0 Å². The smallest absolute Gasteiger partial charge is 0.462 e. The summed E-state index contributed by atoms with van der Waals surface area (Å²) in [5.74, 6) is -1.19. The average Bonchev–Trinajstić information content (AvgIpc) is 3.18. The molecule has 0 aromatic rings. The molecule has 59 heavy (non-hydrogen) atoms. The summed E-state index contributed by atoms with van der Waals surface area (Å²) < 4.78 is 49.0. The Morgan fingerprint density at radius 1 is 0.525 bits per heavy atom. The standard InChI is InChI=1S/C40H79NO16P2/c1-2-3-4-5-6-7-8-9-13-16-19-22-25-28-34(43)55-32(30-53-33(42)27-24-21-18-15-12-10-11-14-17-20-23-26-29-41)31-54-59(51,52)57-40-37(46)35(44)39(36(45)38(40)47)56-58(48,49)50/h32,35-40,44-47H,2-31,41H2,1H3,(H,51,52)(H2,48,49,50)/t32-,35-,36+,37+,38?,39?,40?/m1/s1. The maximum absolute atomic E-state index is 12.9. The lowest BCUT2D eigenvalue weighted by atomic mass is 9.85. The number of carbonyl (C=O) groups excluding carboxylic acids is 2. The average molecular weight is 892 g/mol. The lowest BCUT2D eigenvalue weighted by molar-refractivity contribution is -0.216. The highest BCUT2D eigenvalue weighted by Crippen LogP contribution is 2.48. The molecule has 0 aromatic heterocycles. The highest BCUT2D eigenvalue weighted by Gasteiger charge is 2.54. The normalized spacial score (nSPS) is 22.5. The van der Waals surface area contributed by atoms with E-state index in [1.54, 1.807) is 0 Å². The fraction of sp³-hybridized carbons (Fsp3) is 0.950. The Bertz CT molecular complexity index is 1160. The van der Waals surface area contributed by atoms with Crippen LogP contribution in [0.2, 0.25) is 0 Å². The lowest BCUT2D eigenvalue weighted by Crippen LogP contribution is -2.64. The minimum Gasteiger partial charge on any atom is -0.462 e. The van der Waals surface area contributed by atoms with Crippen molar-refractivity contribution in [2.24, 2.45) is 5.73 Å². The van der Waals surface area contributed by atoms with Gasteiger partial charge in [0.05, 0.1) is 6.61 Å². The molecule has 17 nitrogen and oxygen atoms in total. The van der Waals surface area contributed by atoms with E-state index in [2.05, 4.69) is 11.4 Å². The molecule has 1 aliphatic carbocycles. The minimum absolute atomic E-state index is 0.0539. The minimum atomic E-state index is -5.30. The van der Waals surface area contributed by atoms with Gasteiger partial charge in [0.2, 0.25) is 0 Å². The van der Waals surface area contributed by atoms with E-state index in [4.69, 9.17) is 34.0 Å². The third-order valence-electron chi connectivity index (χ3n) is 10.5. The number of phosphoric ester groups is 2. The van der Waals surface area contributed by atoms with Crippen LogP contribution >= 0.6 is 15.6 Å². The first-order valence-electron chi connectivity index (χ1n) is 22.3. The summed E-state index contributed by atoms with van der Waals surface area (Å²) >= 11 is 0. The zero-order chi connectivity index (χ0) is 43.9. The van der Waals surface area contributed by atoms with Crippen LogP contribution in [-0.4, -0.2) is 110 Å². The van der Waals surface area contributed by atoms with Crippen LogP contribution in [-0.2, 0) is 41.8 Å². The second-order valence-electron chi connectivity index (χ2n) is 15.9. The van der Waals surface area contributed by atoms with Crippen LogP contribution in [0, 0.1) is 0 Å². The Morgan fingerprint density at radius 2 is 0.881 bits per heavy atom. The molecule has 1 saturated carbocycles. The van der Waals surface area contributed by atoms with Crippen LogP contribution in [0.5, 0.6) is 0 Å². The Labute approximate surface area is 352 Å². The van der Waals surface area contributed by atoms with Crippen molar-refractivity contribution < 1.29 is 76.9 Å². The predicted octanol–water partition coefficient (Wildman–Crippen LogP) is 6.39. The van der Waals surface area contributed by atoms with Gasteiger partial charge >= 0.3 is 27.6 Å². The van der Waals surface area contributed by atoms with E-state index in [1.165, 1.54) is 89.9 Å². The van der Waals surface area contributed by atoms with Crippen LogP contribution in [0.4, 0.5) is 0 Å². The number of rotatable bonds is 38. The predicted molar refractivity (Wildman–Crippen MR) is 222 cm³/mol. The lowest BCUT2D eigenvalue weighted by Gasteiger charge is -2.43. The van der Waals surface area contributed by atoms with E-state index < -0.39 is 83.5 Å². The maximum atomic E-state index is 12.9. The molecule has 0 radical (unpaired) electrons. The molecule has 1 aliphatic rings. The van der Waals surface area contributed by atoms with Gasteiger partial charge in [-0.3, -0.25) is 23.2 Å². The fourth-order valence-electron chi connectivity index (χ4n) is 7.04. The first-order valence-corrected chi connectivity index (χ1v) is 25.3. The molecule has 19 heteroatoms. The molecule has 0 spiro atoms. The number of unbranched alkanes of at least 4 members (excludes halogenated alkanes) is 23. The van der Waals surface area contributed by atoms with E-state index in [9.17, 15) is 44.0 Å². The monoisotopic (exact) mass is 891 g/mol. The first-order chi connectivity index (χ1) is 28.1. The molecule has 9 N–H and O–H groups in total. The quantitative estimate of drug-likeness (QED) is 0.0189. The zero-order valence-electron chi connectivity index (χ0n) is 35.5. The molecule has 1 fully saturated rings. The zero-order valence-corrected chi connectivity index (χ0v) is 37.3. The van der Waals surface area contributed by atoms with Crippen molar-refractivity contribution in [3.05, 3.63) is 0 Å². The molecule has 0 bridgehead atoms. The molecular formula is C40H79NO16P2. The first kappa shape index (κ1) is 56.0. The van der Waals surface area contributed by atoms with E-state index in [0.29, 0.717) is 12.8 Å². The van der Waals surface area contributed by atoms with Crippen LogP contribution in [0.25, 0.3) is 0 Å². The summed E-state index contributed by atoms with van der Waals surface area (Å²) in [5, 5.41) is 41.4. The number of ether oxygens (including phenoxy) is 2. The topological polar surface area (TPSA) is 282 Å². The van der Waals surface area contributed by atoms with Gasteiger partial charge in [-0.2, -0.15) is 0 Å². The van der Waals surface area contributed by atoms with E-state index in [0.717, 1.165) is 64.3 Å². The van der Waals surface area contributed by atoms with Crippen LogP contribution in [0.1, 0.15) is 180 Å². The van der Waals surface area contributed by atoms with Gasteiger partial charge in [0, 0.05) is 12.8 Å². The fourth-order valence-corrected chi connectivity index (χ4v) is 8.58. The number of carbonyl (C=O) groups is 2. The summed E-state index contributed by atoms with van der Waals surface area (Å²) in [7, 11) is -10.6. The molecule has 350 valence electrons. The summed E-state index contributed by atoms with van der Waals surface area (Å²) in [6, 6.07) is 0. The second kappa shape index (κ2) is 33.5. The molecule has 8 atom stereocenters. The van der Waals surface area contributed by atoms with Gasteiger partial charge in [0.1, 0.15) is 43.2 Å². The number of esters is 2. The van der Waals surface area contributed by atoms with Crippen molar-refractivity contribution in [3.8, 4) is 0 Å². The van der Waals surface area contributed by atoms with E-state index in [1.807, 2.05) is 0 Å². The summed E-state index contributed by atoms with van der Waals surface area (Å²) in [5.41, 5.74) is 5.53. The third kappa shape index (κ3) is 28.3. The number of nitrogens with two attached hydrogens (primary N) is 1. The highest BCUT2D eigenvalue weighted by molar-refractivity contribution is 7.47. The van der Waals surface area contributed by atoms with Gasteiger partial charge in [-0.05, 0) is 25.8 Å². The Morgan fingerprint density at radius 3 is 1.27 bits per heavy atom. The van der Waals surface area contributed by atoms with Gasteiger partial charge in [-0.25, -0.2) is 9.13 Å². The maximum Gasteiger partial charge on any atom is 0.472 e. The Kier molecular flexibility index (Phi) is 31.8. The molecule has 0 heterocycles. The van der Waals surface area contributed by atoms with Crippen molar-refractivity contribution in [1.29, 1.82) is 0 Å². The van der Waals surface area contributed by atoms with Gasteiger partial charge < -0.3 is 50.3 Å². The van der Waals surface area contributed by atoms with Crippen molar-refractivity contribution in [2.75, 3.05) is 19.8 Å². The van der Waals surface area contributed by atoms with Crippen molar-refractivity contribution in [2.45, 2.75) is 223 Å². The number of aliphatic hydroxyl groups excluding tert-OH is 4. The number of phosphoric acid groups is 2. The molecule has 4 unspecified atom stereocenters. The highest BCUT2D eigenvalue weighted by atomic mass is 31.2. The Hall–Kier alpha value is -1.04. The molecular weight excluding hydrogens is 812 g/mol. The number of hydrogen-bond acceptors (Lipinski definition) is 14. The molecule has 1 rings (SSSR count). The summed E-state index contributed by atoms with van der Waals surface area (Å²) in [4.78, 5) is 53.9. The van der Waals surface area contributed by atoms with Crippen molar-refractivity contribution >= 4 is 27.6 Å². The molecule has 0 amide bonds. The second-order valence-corrected chi connectivity index (χ2v) is 18.5. The third-order valence-corrected chi connectivity index (χ3v) is 12.0. The Balaban J connectivity index is 2.59. The van der Waals surface area contributed by atoms with Crippen LogP contribution in [0.15, 0.2) is 0 Å². The summed E-state index contributed by atoms with van der Waals surface area (Å²) in [6.45, 7) is 1.66. The van der Waals surface area contributed by atoms with Gasteiger partial charge in [0.15, 0.2) is 6.10 Å². The largest absolute Gasteiger partial charge is 0.472 e. The molecule has 0 aliphatic heterocycles. The SMILES string of the molecule is CCCCCCCCCCCCCCCC(=O)O[C@H](COC(=O)CCCCCCCCCCCCCCN)COP(=O)(O)OC1C(O)[C@H](O)C(OP(=O)(O)O)[C@H](O)[C@@H]1O. The number of aliphatic hydroxyl groups is 4. The molecule has 0 saturated heterocycles.